The van der Waals surface area contributed by atoms with Crippen molar-refractivity contribution in [3.8, 4) is 5.75 Å². The summed E-state index contributed by atoms with van der Waals surface area (Å²) in [5.41, 5.74) is 0.568. The van der Waals surface area contributed by atoms with Gasteiger partial charge in [0, 0.05) is 12.1 Å². The first kappa shape index (κ1) is 12.5. The summed E-state index contributed by atoms with van der Waals surface area (Å²) in [6.45, 7) is 4.11. The van der Waals surface area contributed by atoms with Gasteiger partial charge in [0.1, 0.15) is 5.75 Å². The van der Waals surface area contributed by atoms with Crippen molar-refractivity contribution in [2.45, 2.75) is 32.6 Å². The van der Waals surface area contributed by atoms with Gasteiger partial charge in [0.25, 0.3) is 0 Å². The van der Waals surface area contributed by atoms with Gasteiger partial charge in [-0.15, -0.1) is 0 Å². The van der Waals surface area contributed by atoms with Crippen molar-refractivity contribution in [1.82, 2.24) is 4.98 Å². The fraction of sp³-hybridized carbons (Fsp3) is 0.500. The molecule has 4 heteroatoms. The molecule has 0 bridgehead atoms. The van der Waals surface area contributed by atoms with Gasteiger partial charge in [-0.05, 0) is 25.5 Å². The third-order valence-corrected chi connectivity index (χ3v) is 2.41. The van der Waals surface area contributed by atoms with Crippen LogP contribution in [0.25, 0.3) is 0 Å². The molecule has 0 saturated carbocycles. The van der Waals surface area contributed by atoms with Crippen LogP contribution in [0.4, 0.5) is 0 Å². The zero-order valence-electron chi connectivity index (χ0n) is 9.64. The molecule has 1 aromatic heterocycles. The Bertz CT molecular complexity index is 352. The van der Waals surface area contributed by atoms with Crippen molar-refractivity contribution in [2.75, 3.05) is 6.61 Å². The molecule has 0 radical (unpaired) electrons. The van der Waals surface area contributed by atoms with Gasteiger partial charge in [0.05, 0.1) is 18.7 Å². The molecule has 0 amide bonds. The summed E-state index contributed by atoms with van der Waals surface area (Å²) in [6.07, 6.45) is 2.61. The maximum atomic E-state index is 11.4. The molecular formula is C12H17NO3. The normalized spacial score (nSPS) is 12.1. The monoisotopic (exact) mass is 223 g/mol. The SMILES string of the molecule is CCOC(=O)CC(CC)c1ncccc1O. The number of rotatable bonds is 5. The maximum absolute atomic E-state index is 11.4. The van der Waals surface area contributed by atoms with Crippen molar-refractivity contribution >= 4 is 5.97 Å². The van der Waals surface area contributed by atoms with E-state index >= 15 is 0 Å². The number of nitrogens with zero attached hydrogens (tertiary/aromatic N) is 1. The second-order valence-corrected chi connectivity index (χ2v) is 3.52. The van der Waals surface area contributed by atoms with E-state index in [1.807, 2.05) is 6.92 Å². The maximum Gasteiger partial charge on any atom is 0.306 e. The standard InChI is InChI=1S/C12H17NO3/c1-3-9(8-11(15)16-4-2)12-10(14)6-5-7-13-12/h5-7,9,14H,3-4,8H2,1-2H3. The van der Waals surface area contributed by atoms with E-state index in [2.05, 4.69) is 4.98 Å². The number of hydrogen-bond donors (Lipinski definition) is 1. The molecule has 0 fully saturated rings. The number of aromatic hydroxyl groups is 1. The van der Waals surface area contributed by atoms with Gasteiger partial charge >= 0.3 is 5.97 Å². The molecule has 0 aliphatic rings. The zero-order valence-corrected chi connectivity index (χ0v) is 9.64. The molecule has 1 heterocycles. The van der Waals surface area contributed by atoms with E-state index in [0.717, 1.165) is 6.42 Å². The lowest BCUT2D eigenvalue weighted by Gasteiger charge is -2.14. The van der Waals surface area contributed by atoms with Crippen molar-refractivity contribution < 1.29 is 14.6 Å². The van der Waals surface area contributed by atoms with Crippen LogP contribution in [0.15, 0.2) is 18.3 Å². The lowest BCUT2D eigenvalue weighted by atomic mass is 9.97. The Labute approximate surface area is 95.3 Å². The molecule has 1 N–H and O–H groups in total. The summed E-state index contributed by atoms with van der Waals surface area (Å²) in [7, 11) is 0. The third kappa shape index (κ3) is 3.22. The van der Waals surface area contributed by atoms with E-state index in [1.165, 1.54) is 0 Å². The minimum Gasteiger partial charge on any atom is -0.506 e. The number of esters is 1. The van der Waals surface area contributed by atoms with Crippen LogP contribution in [0.3, 0.4) is 0 Å². The van der Waals surface area contributed by atoms with E-state index in [1.54, 1.807) is 25.3 Å². The summed E-state index contributed by atoms with van der Waals surface area (Å²) in [6, 6.07) is 3.24. The Hall–Kier alpha value is -1.58. The van der Waals surface area contributed by atoms with Gasteiger partial charge in [-0.2, -0.15) is 0 Å². The predicted octanol–water partition coefficient (Wildman–Crippen LogP) is 2.23. The lowest BCUT2D eigenvalue weighted by Crippen LogP contribution is -2.11. The van der Waals surface area contributed by atoms with Gasteiger partial charge in [-0.3, -0.25) is 9.78 Å². The van der Waals surface area contributed by atoms with Crippen molar-refractivity contribution in [3.05, 3.63) is 24.0 Å². The van der Waals surface area contributed by atoms with Gasteiger partial charge in [0.15, 0.2) is 0 Å². The quantitative estimate of drug-likeness (QED) is 0.778. The Balaban J connectivity index is 2.75. The van der Waals surface area contributed by atoms with Crippen molar-refractivity contribution in [1.29, 1.82) is 0 Å². The van der Waals surface area contributed by atoms with E-state index < -0.39 is 0 Å². The number of carbonyl (C=O) groups is 1. The van der Waals surface area contributed by atoms with Crippen LogP contribution in [-0.4, -0.2) is 22.7 Å². The second-order valence-electron chi connectivity index (χ2n) is 3.52. The first-order valence-electron chi connectivity index (χ1n) is 5.48. The number of pyridine rings is 1. The molecular weight excluding hydrogens is 206 g/mol. The highest BCUT2D eigenvalue weighted by atomic mass is 16.5. The van der Waals surface area contributed by atoms with Crippen LogP contribution >= 0.6 is 0 Å². The molecule has 1 rings (SSSR count). The molecule has 0 aliphatic heterocycles. The van der Waals surface area contributed by atoms with E-state index in [0.29, 0.717) is 12.3 Å². The molecule has 16 heavy (non-hydrogen) atoms. The number of ether oxygens (including phenoxy) is 1. The fourth-order valence-electron chi connectivity index (χ4n) is 1.58. The molecule has 0 aromatic carbocycles. The minimum absolute atomic E-state index is 0.0831. The summed E-state index contributed by atoms with van der Waals surface area (Å²) >= 11 is 0. The van der Waals surface area contributed by atoms with Crippen LogP contribution in [0.5, 0.6) is 5.75 Å². The Morgan fingerprint density at radius 3 is 2.88 bits per heavy atom. The summed E-state index contributed by atoms with van der Waals surface area (Å²) in [5, 5.41) is 9.64. The third-order valence-electron chi connectivity index (χ3n) is 2.41. The zero-order chi connectivity index (χ0) is 12.0. The topological polar surface area (TPSA) is 59.4 Å². The fourth-order valence-corrected chi connectivity index (χ4v) is 1.58. The summed E-state index contributed by atoms with van der Waals surface area (Å²) in [5.74, 6) is -0.196. The highest BCUT2D eigenvalue weighted by Gasteiger charge is 2.19. The van der Waals surface area contributed by atoms with Crippen LogP contribution < -0.4 is 0 Å². The number of aromatic nitrogens is 1. The average molecular weight is 223 g/mol. The molecule has 1 atom stereocenters. The average Bonchev–Trinajstić information content (AvgIpc) is 2.27. The Kier molecular flexibility index (Phi) is 4.76. The first-order chi connectivity index (χ1) is 7.69. The second kappa shape index (κ2) is 6.10. The van der Waals surface area contributed by atoms with Gasteiger partial charge in [-0.25, -0.2) is 0 Å². The van der Waals surface area contributed by atoms with E-state index in [4.69, 9.17) is 4.74 Å². The summed E-state index contributed by atoms with van der Waals surface area (Å²) < 4.78 is 4.89. The Morgan fingerprint density at radius 2 is 2.31 bits per heavy atom. The van der Waals surface area contributed by atoms with Crippen LogP contribution in [0, 0.1) is 0 Å². The minimum atomic E-state index is -0.251. The number of carbonyl (C=O) groups excluding carboxylic acids is 1. The van der Waals surface area contributed by atoms with Gasteiger partial charge < -0.3 is 9.84 Å². The van der Waals surface area contributed by atoms with E-state index in [-0.39, 0.29) is 24.1 Å². The van der Waals surface area contributed by atoms with E-state index in [9.17, 15) is 9.90 Å². The molecule has 1 unspecified atom stereocenters. The number of hydrogen-bond acceptors (Lipinski definition) is 4. The first-order valence-corrected chi connectivity index (χ1v) is 5.48. The largest absolute Gasteiger partial charge is 0.506 e. The Morgan fingerprint density at radius 1 is 1.56 bits per heavy atom. The smallest absolute Gasteiger partial charge is 0.306 e. The highest BCUT2D eigenvalue weighted by Crippen LogP contribution is 2.28. The van der Waals surface area contributed by atoms with Crippen molar-refractivity contribution in [3.63, 3.8) is 0 Å². The highest BCUT2D eigenvalue weighted by molar-refractivity contribution is 5.70. The molecule has 0 aliphatic carbocycles. The van der Waals surface area contributed by atoms with Gasteiger partial charge in [0.2, 0.25) is 0 Å². The molecule has 1 aromatic rings. The molecule has 0 spiro atoms. The molecule has 88 valence electrons. The van der Waals surface area contributed by atoms with Crippen molar-refractivity contribution in [2.24, 2.45) is 0 Å². The lowest BCUT2D eigenvalue weighted by molar-refractivity contribution is -0.143. The van der Waals surface area contributed by atoms with Gasteiger partial charge in [-0.1, -0.05) is 6.92 Å². The molecule has 0 saturated heterocycles. The predicted molar refractivity (Wildman–Crippen MR) is 60.2 cm³/mol. The molecule has 4 nitrogen and oxygen atoms in total. The van der Waals surface area contributed by atoms with Crippen LogP contribution in [0.1, 0.15) is 38.3 Å². The van der Waals surface area contributed by atoms with Crippen LogP contribution in [-0.2, 0) is 9.53 Å². The summed E-state index contributed by atoms with van der Waals surface area (Å²) in [4.78, 5) is 15.5. The van der Waals surface area contributed by atoms with Crippen LogP contribution in [0.2, 0.25) is 0 Å².